The molecule has 0 radical (unpaired) electrons. The molecule has 0 saturated carbocycles. The number of rotatable bonds is 5. The topological polar surface area (TPSA) is 55.6 Å². The minimum absolute atomic E-state index is 0.0855. The van der Waals surface area contributed by atoms with Gasteiger partial charge in [0.05, 0.1) is 0 Å². The van der Waals surface area contributed by atoms with Crippen molar-refractivity contribution < 1.29 is 9.53 Å². The molecule has 1 aromatic rings. The summed E-state index contributed by atoms with van der Waals surface area (Å²) < 4.78 is 5.61. The second-order valence-electron chi connectivity index (χ2n) is 5.56. The molecule has 1 fully saturated rings. The van der Waals surface area contributed by atoms with E-state index in [9.17, 15) is 4.79 Å². The van der Waals surface area contributed by atoms with Crippen LogP contribution in [-0.4, -0.2) is 36.5 Å². The fourth-order valence-corrected chi connectivity index (χ4v) is 2.51. The van der Waals surface area contributed by atoms with Crippen molar-refractivity contribution in [1.82, 2.24) is 4.90 Å². The zero-order chi connectivity index (χ0) is 14.4. The van der Waals surface area contributed by atoms with Gasteiger partial charge in [-0.05, 0) is 50.3 Å². The molecule has 0 aliphatic carbocycles. The molecule has 0 bridgehead atoms. The van der Waals surface area contributed by atoms with Gasteiger partial charge >= 0.3 is 0 Å². The quantitative estimate of drug-likeness (QED) is 0.894. The Morgan fingerprint density at radius 1 is 1.35 bits per heavy atom. The zero-order valence-electron chi connectivity index (χ0n) is 12.2. The van der Waals surface area contributed by atoms with Gasteiger partial charge in [0.1, 0.15) is 5.75 Å². The number of ether oxygens (including phenoxy) is 1. The Morgan fingerprint density at radius 2 is 2.10 bits per heavy atom. The summed E-state index contributed by atoms with van der Waals surface area (Å²) in [6, 6.07) is 7.95. The molecule has 2 N–H and O–H groups in total. The average molecular weight is 276 g/mol. The molecule has 1 atom stereocenters. The normalized spacial score (nSPS) is 16.8. The van der Waals surface area contributed by atoms with E-state index in [0.717, 1.165) is 43.7 Å². The molecule has 0 aromatic heterocycles. The number of hydrogen-bond donors (Lipinski definition) is 1. The monoisotopic (exact) mass is 276 g/mol. The number of hydrogen-bond acceptors (Lipinski definition) is 3. The van der Waals surface area contributed by atoms with E-state index in [1.165, 1.54) is 6.42 Å². The van der Waals surface area contributed by atoms with Gasteiger partial charge in [-0.15, -0.1) is 0 Å². The lowest BCUT2D eigenvalue weighted by Gasteiger charge is -2.26. The standard InChI is InChI=1S/C16H24N2O2/c1-13(17)10-14-6-5-7-15(11-14)20-12-16(19)18-8-3-2-4-9-18/h5-7,11,13H,2-4,8-10,12,17H2,1H3. The van der Waals surface area contributed by atoms with E-state index in [4.69, 9.17) is 10.5 Å². The predicted octanol–water partition coefficient (Wildman–Crippen LogP) is 1.97. The maximum absolute atomic E-state index is 12.0. The van der Waals surface area contributed by atoms with Gasteiger partial charge in [-0.1, -0.05) is 12.1 Å². The van der Waals surface area contributed by atoms with Crippen LogP contribution in [0.3, 0.4) is 0 Å². The fraction of sp³-hybridized carbons (Fsp3) is 0.562. The van der Waals surface area contributed by atoms with Crippen LogP contribution in [0, 0.1) is 0 Å². The largest absolute Gasteiger partial charge is 0.484 e. The van der Waals surface area contributed by atoms with Gasteiger partial charge < -0.3 is 15.4 Å². The number of benzene rings is 1. The highest BCUT2D eigenvalue weighted by Gasteiger charge is 2.16. The van der Waals surface area contributed by atoms with Crippen molar-refractivity contribution >= 4 is 5.91 Å². The molecule has 4 nitrogen and oxygen atoms in total. The van der Waals surface area contributed by atoms with Gasteiger partial charge in [-0.25, -0.2) is 0 Å². The number of piperidine rings is 1. The van der Waals surface area contributed by atoms with Crippen molar-refractivity contribution in [1.29, 1.82) is 0 Å². The van der Waals surface area contributed by atoms with Gasteiger partial charge in [0.25, 0.3) is 5.91 Å². The third kappa shape index (κ3) is 4.53. The first kappa shape index (κ1) is 14.9. The molecule has 1 aromatic carbocycles. The average Bonchev–Trinajstić information content (AvgIpc) is 2.45. The summed E-state index contributed by atoms with van der Waals surface area (Å²) in [4.78, 5) is 13.9. The van der Waals surface area contributed by atoms with Crippen LogP contribution in [0.25, 0.3) is 0 Å². The summed E-state index contributed by atoms with van der Waals surface area (Å²) in [6.07, 6.45) is 4.26. The van der Waals surface area contributed by atoms with Gasteiger partial charge in [0.15, 0.2) is 6.61 Å². The molecule has 110 valence electrons. The summed E-state index contributed by atoms with van der Waals surface area (Å²) >= 11 is 0. The Kier molecular flexibility index (Phi) is 5.41. The Balaban J connectivity index is 1.85. The van der Waals surface area contributed by atoms with Gasteiger partial charge in [0, 0.05) is 19.1 Å². The van der Waals surface area contributed by atoms with Crippen LogP contribution in [0.1, 0.15) is 31.7 Å². The lowest BCUT2D eigenvalue weighted by molar-refractivity contribution is -0.134. The van der Waals surface area contributed by atoms with Crippen molar-refractivity contribution in [2.45, 2.75) is 38.6 Å². The van der Waals surface area contributed by atoms with Crippen LogP contribution in [0.15, 0.2) is 24.3 Å². The van der Waals surface area contributed by atoms with Gasteiger partial charge in [0.2, 0.25) is 0 Å². The van der Waals surface area contributed by atoms with Crippen LogP contribution in [0.4, 0.5) is 0 Å². The molecule has 1 heterocycles. The number of carbonyl (C=O) groups excluding carboxylic acids is 1. The molecule has 2 rings (SSSR count). The molecule has 1 aliphatic rings. The summed E-state index contributed by atoms with van der Waals surface area (Å²) in [5.74, 6) is 0.829. The van der Waals surface area contributed by atoms with E-state index in [0.29, 0.717) is 0 Å². The first-order valence-corrected chi connectivity index (χ1v) is 7.40. The summed E-state index contributed by atoms with van der Waals surface area (Å²) in [5, 5.41) is 0. The van der Waals surface area contributed by atoms with E-state index in [1.807, 2.05) is 36.1 Å². The minimum atomic E-state index is 0.0855. The summed E-state index contributed by atoms with van der Waals surface area (Å²) in [5.41, 5.74) is 6.93. The smallest absolute Gasteiger partial charge is 0.260 e. The van der Waals surface area contributed by atoms with E-state index < -0.39 is 0 Å². The maximum atomic E-state index is 12.0. The zero-order valence-corrected chi connectivity index (χ0v) is 12.2. The van der Waals surface area contributed by atoms with Gasteiger partial charge in [-0.2, -0.15) is 0 Å². The van der Waals surface area contributed by atoms with Crippen molar-refractivity contribution in [2.24, 2.45) is 5.73 Å². The predicted molar refractivity (Wildman–Crippen MR) is 79.7 cm³/mol. The first-order chi connectivity index (χ1) is 9.65. The maximum Gasteiger partial charge on any atom is 0.260 e. The molecular formula is C16H24N2O2. The van der Waals surface area contributed by atoms with Crippen molar-refractivity contribution in [3.05, 3.63) is 29.8 Å². The molecule has 0 spiro atoms. The highest BCUT2D eigenvalue weighted by atomic mass is 16.5. The number of nitrogens with two attached hydrogens (primary N) is 1. The lowest BCUT2D eigenvalue weighted by Crippen LogP contribution is -2.38. The number of carbonyl (C=O) groups is 1. The second-order valence-corrected chi connectivity index (χ2v) is 5.56. The van der Waals surface area contributed by atoms with Crippen molar-refractivity contribution in [3.63, 3.8) is 0 Å². The SMILES string of the molecule is CC(N)Cc1cccc(OCC(=O)N2CCCCC2)c1. The molecule has 1 saturated heterocycles. The summed E-state index contributed by atoms with van der Waals surface area (Å²) in [6.45, 7) is 3.84. The van der Waals surface area contributed by atoms with Crippen molar-refractivity contribution in [2.75, 3.05) is 19.7 Å². The van der Waals surface area contributed by atoms with Crippen LogP contribution in [0.2, 0.25) is 0 Å². The van der Waals surface area contributed by atoms with Gasteiger partial charge in [-0.3, -0.25) is 4.79 Å². The van der Waals surface area contributed by atoms with E-state index in [2.05, 4.69) is 0 Å². The van der Waals surface area contributed by atoms with Crippen LogP contribution < -0.4 is 10.5 Å². The Hall–Kier alpha value is -1.55. The third-order valence-corrected chi connectivity index (χ3v) is 3.53. The summed E-state index contributed by atoms with van der Waals surface area (Å²) in [7, 11) is 0. The van der Waals surface area contributed by atoms with Crippen LogP contribution in [0.5, 0.6) is 5.75 Å². The van der Waals surface area contributed by atoms with E-state index >= 15 is 0 Å². The molecular weight excluding hydrogens is 252 g/mol. The van der Waals surface area contributed by atoms with Crippen molar-refractivity contribution in [3.8, 4) is 5.75 Å². The molecule has 1 unspecified atom stereocenters. The van der Waals surface area contributed by atoms with E-state index in [1.54, 1.807) is 0 Å². The second kappa shape index (κ2) is 7.29. The number of likely N-dealkylation sites (tertiary alicyclic amines) is 1. The number of amides is 1. The molecule has 1 aliphatic heterocycles. The Morgan fingerprint density at radius 3 is 2.80 bits per heavy atom. The minimum Gasteiger partial charge on any atom is -0.484 e. The Bertz CT molecular complexity index is 440. The van der Waals surface area contributed by atoms with Crippen LogP contribution >= 0.6 is 0 Å². The molecule has 4 heteroatoms. The molecule has 1 amide bonds. The molecule has 20 heavy (non-hydrogen) atoms. The highest BCUT2D eigenvalue weighted by molar-refractivity contribution is 5.77. The van der Waals surface area contributed by atoms with E-state index in [-0.39, 0.29) is 18.6 Å². The highest BCUT2D eigenvalue weighted by Crippen LogP contribution is 2.15. The third-order valence-electron chi connectivity index (χ3n) is 3.53. The van der Waals surface area contributed by atoms with Crippen LogP contribution in [-0.2, 0) is 11.2 Å². The lowest BCUT2D eigenvalue weighted by atomic mass is 10.1. The first-order valence-electron chi connectivity index (χ1n) is 7.40. The fourth-order valence-electron chi connectivity index (χ4n) is 2.51. The number of nitrogens with zero attached hydrogens (tertiary/aromatic N) is 1. The Labute approximate surface area is 120 Å².